The van der Waals surface area contributed by atoms with E-state index in [0.29, 0.717) is 11.3 Å². The Morgan fingerprint density at radius 3 is 2.61 bits per heavy atom. The number of hydrogen-bond donors (Lipinski definition) is 2. The van der Waals surface area contributed by atoms with Gasteiger partial charge in [0.05, 0.1) is 18.9 Å². The van der Waals surface area contributed by atoms with Gasteiger partial charge in [-0.15, -0.1) is 0 Å². The number of carbonyl (C=O) groups excluding carboxylic acids is 2. The fourth-order valence-corrected chi connectivity index (χ4v) is 2.33. The number of methoxy groups -OCH3 is 1. The molecule has 0 spiro atoms. The summed E-state index contributed by atoms with van der Waals surface area (Å²) in [7, 11) is 4.84. The van der Waals surface area contributed by atoms with E-state index in [1.54, 1.807) is 56.3 Å². The van der Waals surface area contributed by atoms with Gasteiger partial charge in [-0.05, 0) is 37.7 Å². The van der Waals surface area contributed by atoms with Gasteiger partial charge in [0.15, 0.2) is 0 Å². The lowest BCUT2D eigenvalue weighted by atomic mass is 10.1. The van der Waals surface area contributed by atoms with Crippen molar-refractivity contribution in [3.05, 3.63) is 47.3 Å². The van der Waals surface area contributed by atoms with E-state index in [1.807, 2.05) is 0 Å². The molecule has 1 atom stereocenters. The summed E-state index contributed by atoms with van der Waals surface area (Å²) in [6, 6.07) is 4.53. The second-order valence-corrected chi connectivity index (χ2v) is 5.18. The predicted molar refractivity (Wildman–Crippen MR) is 86.2 cm³/mol. The van der Waals surface area contributed by atoms with Gasteiger partial charge >= 0.3 is 5.97 Å². The van der Waals surface area contributed by atoms with Gasteiger partial charge in [0.2, 0.25) is 5.91 Å². The molecule has 0 bridgehead atoms. The Hall–Kier alpha value is -2.67. The number of carbonyl (C=O) groups is 2. The number of likely N-dealkylation sites (N-methyl/N-ethyl adjacent to an activating group) is 1. The van der Waals surface area contributed by atoms with E-state index in [1.165, 1.54) is 7.11 Å². The molecule has 1 heterocycles. The van der Waals surface area contributed by atoms with Crippen molar-refractivity contribution in [3.63, 3.8) is 0 Å². The molecule has 7 nitrogen and oxygen atoms in total. The van der Waals surface area contributed by atoms with Crippen LogP contribution < -0.4 is 10.6 Å². The number of amides is 1. The third-order valence-corrected chi connectivity index (χ3v) is 3.51. The smallest absolute Gasteiger partial charge is 0.338 e. The van der Waals surface area contributed by atoms with Crippen molar-refractivity contribution < 1.29 is 14.3 Å². The average Bonchev–Trinajstić information content (AvgIpc) is 2.93. The first-order valence-electron chi connectivity index (χ1n) is 7.12. The minimum absolute atomic E-state index is 0.203. The Labute approximate surface area is 134 Å². The summed E-state index contributed by atoms with van der Waals surface area (Å²) in [5, 5.41) is 9.88. The number of aromatic nitrogens is 2. The third-order valence-electron chi connectivity index (χ3n) is 3.51. The fourth-order valence-electron chi connectivity index (χ4n) is 2.33. The predicted octanol–water partition coefficient (Wildman–Crippen LogP) is 1.41. The van der Waals surface area contributed by atoms with E-state index in [9.17, 15) is 9.59 Å². The molecule has 0 fully saturated rings. The van der Waals surface area contributed by atoms with Crippen LogP contribution >= 0.6 is 0 Å². The summed E-state index contributed by atoms with van der Waals surface area (Å²) in [5.74, 6) is -0.602. The fraction of sp³-hybridized carbons (Fsp3) is 0.312. The van der Waals surface area contributed by atoms with Gasteiger partial charge in [-0.2, -0.15) is 5.10 Å². The highest BCUT2D eigenvalue weighted by atomic mass is 16.5. The van der Waals surface area contributed by atoms with Gasteiger partial charge in [-0.25, -0.2) is 4.79 Å². The van der Waals surface area contributed by atoms with Crippen molar-refractivity contribution >= 4 is 17.6 Å². The number of esters is 1. The highest BCUT2D eigenvalue weighted by Crippen LogP contribution is 2.19. The Morgan fingerprint density at radius 2 is 2.09 bits per heavy atom. The minimum atomic E-state index is -0.510. The van der Waals surface area contributed by atoms with Crippen LogP contribution in [0.2, 0.25) is 0 Å². The van der Waals surface area contributed by atoms with Crippen molar-refractivity contribution in [1.82, 2.24) is 15.1 Å². The summed E-state index contributed by atoms with van der Waals surface area (Å²) in [6.07, 6.45) is 3.43. The molecule has 0 aliphatic heterocycles. The van der Waals surface area contributed by atoms with Crippen LogP contribution in [-0.4, -0.2) is 35.8 Å². The van der Waals surface area contributed by atoms with Crippen LogP contribution in [0.4, 0.5) is 5.69 Å². The number of rotatable bonds is 5. The normalized spacial score (nSPS) is 11.8. The summed E-state index contributed by atoms with van der Waals surface area (Å²) in [4.78, 5) is 24.0. The molecule has 0 aliphatic rings. The van der Waals surface area contributed by atoms with Crippen LogP contribution in [-0.2, 0) is 16.6 Å². The first kappa shape index (κ1) is 16.7. The number of hydrogen-bond acceptors (Lipinski definition) is 5. The molecule has 7 heteroatoms. The topological polar surface area (TPSA) is 85.2 Å². The molecule has 2 rings (SSSR count). The molecule has 0 aliphatic carbocycles. The van der Waals surface area contributed by atoms with Crippen molar-refractivity contribution in [2.75, 3.05) is 19.5 Å². The molecule has 2 aromatic rings. The van der Waals surface area contributed by atoms with Gasteiger partial charge in [-0.1, -0.05) is 0 Å². The maximum atomic E-state index is 12.4. The van der Waals surface area contributed by atoms with Crippen LogP contribution in [0.1, 0.15) is 27.5 Å². The highest BCUT2D eigenvalue weighted by Gasteiger charge is 2.20. The Balaban J connectivity index is 2.16. The van der Waals surface area contributed by atoms with Gasteiger partial charge in [0.1, 0.15) is 6.04 Å². The van der Waals surface area contributed by atoms with Crippen molar-refractivity contribution in [1.29, 1.82) is 0 Å². The summed E-state index contributed by atoms with van der Waals surface area (Å²) in [5.41, 5.74) is 2.60. The zero-order chi connectivity index (χ0) is 17.0. The van der Waals surface area contributed by atoms with E-state index >= 15 is 0 Å². The molecule has 23 heavy (non-hydrogen) atoms. The van der Waals surface area contributed by atoms with Gasteiger partial charge in [0.25, 0.3) is 0 Å². The summed E-state index contributed by atoms with van der Waals surface area (Å²) >= 11 is 0. The van der Waals surface area contributed by atoms with Crippen LogP contribution in [0.15, 0.2) is 30.6 Å². The highest BCUT2D eigenvalue weighted by molar-refractivity contribution is 5.97. The lowest BCUT2D eigenvalue weighted by Crippen LogP contribution is -2.30. The van der Waals surface area contributed by atoms with Gasteiger partial charge in [0, 0.05) is 24.5 Å². The number of aryl methyl sites for hydroxylation is 2. The van der Waals surface area contributed by atoms with E-state index in [4.69, 9.17) is 4.74 Å². The quantitative estimate of drug-likeness (QED) is 0.815. The molecular weight excluding hydrogens is 296 g/mol. The van der Waals surface area contributed by atoms with E-state index in [2.05, 4.69) is 15.7 Å². The van der Waals surface area contributed by atoms with Gasteiger partial charge in [-0.3, -0.25) is 9.48 Å². The maximum Gasteiger partial charge on any atom is 0.338 e. The van der Waals surface area contributed by atoms with Gasteiger partial charge < -0.3 is 15.4 Å². The molecule has 122 valence electrons. The number of benzene rings is 1. The molecule has 1 aromatic heterocycles. The molecular formula is C16H20N4O3. The van der Waals surface area contributed by atoms with Crippen LogP contribution in [0.3, 0.4) is 0 Å². The minimum Gasteiger partial charge on any atom is -0.465 e. The Bertz CT molecular complexity index is 724. The Kier molecular flexibility index (Phi) is 5.13. The first-order valence-corrected chi connectivity index (χ1v) is 7.12. The van der Waals surface area contributed by atoms with E-state index < -0.39 is 12.0 Å². The molecule has 2 N–H and O–H groups in total. The average molecular weight is 316 g/mol. The number of ether oxygens (including phenoxy) is 1. The molecule has 0 radical (unpaired) electrons. The zero-order valence-electron chi connectivity index (χ0n) is 13.6. The van der Waals surface area contributed by atoms with Crippen molar-refractivity contribution in [3.8, 4) is 0 Å². The lowest BCUT2D eigenvalue weighted by Gasteiger charge is -2.15. The standard InChI is InChI=1S/C16H20N4O3/c1-10-7-12(5-6-13(10)16(22)23-4)19-15(21)14(17-2)11-8-18-20(3)9-11/h5-9,14,17H,1-4H3,(H,19,21). The molecule has 0 saturated carbocycles. The summed E-state index contributed by atoms with van der Waals surface area (Å²) < 4.78 is 6.35. The third kappa shape index (κ3) is 3.75. The molecule has 1 amide bonds. The molecule has 1 aromatic carbocycles. The Morgan fingerprint density at radius 1 is 1.35 bits per heavy atom. The second kappa shape index (κ2) is 7.06. The number of nitrogens with zero attached hydrogens (tertiary/aromatic N) is 2. The van der Waals surface area contributed by atoms with Crippen LogP contribution in [0.5, 0.6) is 0 Å². The van der Waals surface area contributed by atoms with Crippen LogP contribution in [0.25, 0.3) is 0 Å². The molecule has 1 unspecified atom stereocenters. The van der Waals surface area contributed by atoms with E-state index in [-0.39, 0.29) is 5.91 Å². The second-order valence-electron chi connectivity index (χ2n) is 5.18. The summed E-state index contributed by atoms with van der Waals surface area (Å²) in [6.45, 7) is 1.79. The van der Waals surface area contributed by atoms with Crippen molar-refractivity contribution in [2.24, 2.45) is 7.05 Å². The SMILES string of the molecule is CNC(C(=O)Nc1ccc(C(=O)OC)c(C)c1)c1cnn(C)c1. The largest absolute Gasteiger partial charge is 0.465 e. The van der Waals surface area contributed by atoms with E-state index in [0.717, 1.165) is 11.1 Å². The number of anilines is 1. The monoisotopic (exact) mass is 316 g/mol. The number of nitrogens with one attached hydrogen (secondary N) is 2. The van der Waals surface area contributed by atoms with Crippen molar-refractivity contribution in [2.45, 2.75) is 13.0 Å². The zero-order valence-corrected chi connectivity index (χ0v) is 13.6. The molecule has 0 saturated heterocycles. The first-order chi connectivity index (χ1) is 11.0. The van der Waals surface area contributed by atoms with Crippen LogP contribution in [0, 0.1) is 6.92 Å². The lowest BCUT2D eigenvalue weighted by molar-refractivity contribution is -0.118. The maximum absolute atomic E-state index is 12.4.